The predicted octanol–water partition coefficient (Wildman–Crippen LogP) is 5.07. The molecule has 1 aliphatic heterocycles. The van der Waals surface area contributed by atoms with E-state index >= 15 is 0 Å². The summed E-state index contributed by atoms with van der Waals surface area (Å²) in [5.41, 5.74) is 0.614. The van der Waals surface area contributed by atoms with Crippen LogP contribution in [0.5, 0.6) is 0 Å². The van der Waals surface area contributed by atoms with E-state index in [0.29, 0.717) is 31.0 Å². The van der Waals surface area contributed by atoms with Crippen LogP contribution in [-0.2, 0) is 11.0 Å². The summed E-state index contributed by atoms with van der Waals surface area (Å²) in [5.74, 6) is -0.169. The highest BCUT2D eigenvalue weighted by Gasteiger charge is 2.32. The number of hydrogen-bond donors (Lipinski definition) is 1. The quantitative estimate of drug-likeness (QED) is 0.587. The Balaban J connectivity index is 1.44. The first-order chi connectivity index (χ1) is 15.3. The van der Waals surface area contributed by atoms with Crippen molar-refractivity contribution in [3.63, 3.8) is 0 Å². The Kier molecular flexibility index (Phi) is 6.27. The summed E-state index contributed by atoms with van der Waals surface area (Å²) in [7, 11) is 0. The van der Waals surface area contributed by atoms with Crippen LogP contribution in [0.2, 0.25) is 5.02 Å². The fourth-order valence-corrected chi connectivity index (χ4v) is 3.76. The van der Waals surface area contributed by atoms with E-state index in [1.807, 2.05) is 29.2 Å². The van der Waals surface area contributed by atoms with Gasteiger partial charge in [0.1, 0.15) is 0 Å². The summed E-state index contributed by atoms with van der Waals surface area (Å²) in [6.45, 7) is 1.08. The molecule has 166 valence electrons. The average Bonchev–Trinajstić information content (AvgIpc) is 2.80. The number of pyridine rings is 1. The van der Waals surface area contributed by atoms with E-state index < -0.39 is 17.7 Å². The summed E-state index contributed by atoms with van der Waals surface area (Å²) < 4.78 is 39.0. The largest absolute Gasteiger partial charge is 0.416 e. The van der Waals surface area contributed by atoms with Crippen LogP contribution in [0.15, 0.2) is 54.9 Å². The minimum Gasteiger partial charge on any atom is -0.354 e. The molecule has 0 bridgehead atoms. The zero-order chi connectivity index (χ0) is 22.7. The molecule has 3 heterocycles. The van der Waals surface area contributed by atoms with Gasteiger partial charge in [0.05, 0.1) is 27.9 Å². The van der Waals surface area contributed by atoms with Crippen LogP contribution in [0.1, 0.15) is 18.4 Å². The summed E-state index contributed by atoms with van der Waals surface area (Å²) >= 11 is 6.00. The van der Waals surface area contributed by atoms with Gasteiger partial charge >= 0.3 is 6.18 Å². The number of halogens is 4. The molecule has 0 radical (unpaired) electrons. The van der Waals surface area contributed by atoms with Gasteiger partial charge in [0.2, 0.25) is 5.91 Å². The van der Waals surface area contributed by atoms with E-state index in [0.717, 1.165) is 30.2 Å². The van der Waals surface area contributed by atoms with Crippen molar-refractivity contribution in [2.24, 2.45) is 5.92 Å². The maximum absolute atomic E-state index is 13.0. The van der Waals surface area contributed by atoms with Crippen molar-refractivity contribution in [1.29, 1.82) is 0 Å². The van der Waals surface area contributed by atoms with Crippen LogP contribution in [-0.4, -0.2) is 34.2 Å². The molecule has 1 N–H and O–H groups in total. The van der Waals surface area contributed by atoms with Crippen molar-refractivity contribution >= 4 is 29.0 Å². The van der Waals surface area contributed by atoms with Crippen molar-refractivity contribution < 1.29 is 18.0 Å². The molecule has 0 spiro atoms. The van der Waals surface area contributed by atoms with Gasteiger partial charge in [0.25, 0.3) is 0 Å². The van der Waals surface area contributed by atoms with Gasteiger partial charge in [-0.1, -0.05) is 11.6 Å². The number of benzene rings is 1. The molecule has 0 aliphatic carbocycles. The van der Waals surface area contributed by atoms with Gasteiger partial charge in [-0.25, -0.2) is 0 Å². The SMILES string of the molecule is O=C(Nc1cc(C(F)(F)F)ccc1Cl)C1CCCN(c2ccc(-c3cccnc3)nn2)C1. The standard InChI is InChI=1S/C22H19ClF3N5O/c23-17-6-5-16(22(24,25)26)11-19(17)28-21(32)15-4-2-10-31(13-15)20-8-7-18(29-30-20)14-3-1-9-27-12-14/h1,3,5-9,11-12,15H,2,4,10,13H2,(H,28,32). The average molecular weight is 462 g/mol. The second-order valence-corrected chi connectivity index (χ2v) is 7.89. The van der Waals surface area contributed by atoms with E-state index in [-0.39, 0.29) is 16.6 Å². The fourth-order valence-electron chi connectivity index (χ4n) is 3.59. The predicted molar refractivity (Wildman–Crippen MR) is 115 cm³/mol. The topological polar surface area (TPSA) is 71.0 Å². The molecule has 4 rings (SSSR count). The van der Waals surface area contributed by atoms with Crippen LogP contribution in [0.25, 0.3) is 11.3 Å². The number of rotatable bonds is 4. The number of hydrogen-bond acceptors (Lipinski definition) is 5. The zero-order valence-electron chi connectivity index (χ0n) is 16.8. The van der Waals surface area contributed by atoms with Gasteiger partial charge in [0, 0.05) is 31.0 Å². The van der Waals surface area contributed by atoms with E-state index in [1.165, 1.54) is 0 Å². The summed E-state index contributed by atoms with van der Waals surface area (Å²) in [6.07, 6.45) is 0.202. The Labute approximate surface area is 187 Å². The van der Waals surface area contributed by atoms with Crippen molar-refractivity contribution in [3.8, 4) is 11.3 Å². The molecule has 1 aromatic carbocycles. The molecule has 1 unspecified atom stereocenters. The van der Waals surface area contributed by atoms with E-state index in [4.69, 9.17) is 11.6 Å². The van der Waals surface area contributed by atoms with Gasteiger partial charge in [0.15, 0.2) is 5.82 Å². The summed E-state index contributed by atoms with van der Waals surface area (Å²) in [5, 5.41) is 11.1. The lowest BCUT2D eigenvalue weighted by molar-refractivity contribution is -0.137. The van der Waals surface area contributed by atoms with E-state index in [2.05, 4.69) is 20.5 Å². The van der Waals surface area contributed by atoms with Gasteiger partial charge in [-0.2, -0.15) is 13.2 Å². The normalized spacial score (nSPS) is 16.6. The van der Waals surface area contributed by atoms with Crippen molar-refractivity contribution in [2.75, 3.05) is 23.3 Å². The molecule has 1 saturated heterocycles. The number of aromatic nitrogens is 3. The molecule has 1 atom stereocenters. The van der Waals surface area contributed by atoms with Crippen molar-refractivity contribution in [3.05, 3.63) is 65.4 Å². The Morgan fingerprint density at radius 1 is 1.16 bits per heavy atom. The highest BCUT2D eigenvalue weighted by atomic mass is 35.5. The molecule has 6 nitrogen and oxygen atoms in total. The second-order valence-electron chi connectivity index (χ2n) is 7.49. The Hall–Kier alpha value is -3.20. The molecule has 1 amide bonds. The monoisotopic (exact) mass is 461 g/mol. The Bertz CT molecular complexity index is 1090. The minimum absolute atomic E-state index is 0.0516. The smallest absolute Gasteiger partial charge is 0.354 e. The number of alkyl halides is 3. The Morgan fingerprint density at radius 2 is 2.00 bits per heavy atom. The highest BCUT2D eigenvalue weighted by Crippen LogP contribution is 2.34. The zero-order valence-corrected chi connectivity index (χ0v) is 17.6. The van der Waals surface area contributed by atoms with Crippen LogP contribution in [0, 0.1) is 5.92 Å². The lowest BCUT2D eigenvalue weighted by Gasteiger charge is -2.32. The van der Waals surface area contributed by atoms with Gasteiger partial charge in [-0.05, 0) is 55.3 Å². The molecule has 32 heavy (non-hydrogen) atoms. The maximum Gasteiger partial charge on any atom is 0.416 e. The third-order valence-electron chi connectivity index (χ3n) is 5.28. The summed E-state index contributed by atoms with van der Waals surface area (Å²) in [4.78, 5) is 18.8. The Morgan fingerprint density at radius 3 is 2.69 bits per heavy atom. The number of nitrogens with one attached hydrogen (secondary N) is 1. The minimum atomic E-state index is -4.52. The van der Waals surface area contributed by atoms with E-state index in [1.54, 1.807) is 12.4 Å². The van der Waals surface area contributed by atoms with Crippen LogP contribution in [0.4, 0.5) is 24.7 Å². The fraction of sp³-hybridized carbons (Fsp3) is 0.273. The van der Waals surface area contributed by atoms with Gasteiger partial charge < -0.3 is 10.2 Å². The van der Waals surface area contributed by atoms with Gasteiger partial charge in [-0.15, -0.1) is 10.2 Å². The number of carbonyl (C=O) groups is 1. The second kappa shape index (κ2) is 9.12. The molecule has 10 heteroatoms. The van der Waals surface area contributed by atoms with Crippen LogP contribution >= 0.6 is 11.6 Å². The lowest BCUT2D eigenvalue weighted by Crippen LogP contribution is -2.41. The number of amides is 1. The lowest BCUT2D eigenvalue weighted by atomic mass is 9.97. The molecule has 3 aromatic rings. The maximum atomic E-state index is 13.0. The first-order valence-electron chi connectivity index (χ1n) is 9.98. The van der Waals surface area contributed by atoms with Crippen molar-refractivity contribution in [1.82, 2.24) is 15.2 Å². The number of carbonyl (C=O) groups excluding carboxylic acids is 1. The molecular formula is C22H19ClF3N5O. The number of piperidine rings is 1. The molecule has 1 aliphatic rings. The van der Waals surface area contributed by atoms with Crippen LogP contribution in [0.3, 0.4) is 0 Å². The third kappa shape index (κ3) is 4.99. The third-order valence-corrected chi connectivity index (χ3v) is 5.61. The first kappa shape index (κ1) is 22.0. The summed E-state index contributed by atoms with van der Waals surface area (Å²) in [6, 6.07) is 10.2. The molecule has 0 saturated carbocycles. The van der Waals surface area contributed by atoms with Crippen molar-refractivity contribution in [2.45, 2.75) is 19.0 Å². The van der Waals surface area contributed by atoms with E-state index in [9.17, 15) is 18.0 Å². The first-order valence-corrected chi connectivity index (χ1v) is 10.4. The molecule has 1 fully saturated rings. The number of nitrogens with zero attached hydrogens (tertiary/aromatic N) is 4. The van der Waals surface area contributed by atoms with Crippen LogP contribution < -0.4 is 10.2 Å². The van der Waals surface area contributed by atoms with Gasteiger partial charge in [-0.3, -0.25) is 9.78 Å². The molecule has 2 aromatic heterocycles. The number of anilines is 2. The highest BCUT2D eigenvalue weighted by molar-refractivity contribution is 6.33. The molecular weight excluding hydrogens is 443 g/mol.